The van der Waals surface area contributed by atoms with E-state index in [1.54, 1.807) is 6.07 Å². The molecule has 0 unspecified atom stereocenters. The van der Waals surface area contributed by atoms with Gasteiger partial charge in [0.25, 0.3) is 0 Å². The summed E-state index contributed by atoms with van der Waals surface area (Å²) in [5.74, 6) is -1.04. The SMILES string of the molecule is Oc1ccc(NCc2c(Cl)oc3ccccc23)cc1F. The Morgan fingerprint density at radius 2 is 2.00 bits per heavy atom. The number of nitrogens with one attached hydrogen (secondary N) is 1. The van der Waals surface area contributed by atoms with Crippen molar-refractivity contribution in [2.24, 2.45) is 0 Å². The Bertz CT molecular complexity index is 770. The molecule has 0 atom stereocenters. The Kier molecular flexibility index (Phi) is 3.24. The molecule has 3 nitrogen and oxygen atoms in total. The fourth-order valence-corrected chi connectivity index (χ4v) is 2.29. The first-order valence-corrected chi connectivity index (χ1v) is 6.41. The lowest BCUT2D eigenvalue weighted by atomic mass is 10.1. The van der Waals surface area contributed by atoms with E-state index in [1.807, 2.05) is 24.3 Å². The van der Waals surface area contributed by atoms with Gasteiger partial charge in [0.2, 0.25) is 0 Å². The number of furan rings is 1. The van der Waals surface area contributed by atoms with Gasteiger partial charge in [-0.05, 0) is 29.8 Å². The number of fused-ring (bicyclic) bond motifs is 1. The molecule has 0 aliphatic carbocycles. The van der Waals surface area contributed by atoms with Crippen LogP contribution in [0.1, 0.15) is 5.56 Å². The number of aromatic hydroxyl groups is 1. The number of halogens is 2. The van der Waals surface area contributed by atoms with E-state index in [0.29, 0.717) is 23.0 Å². The highest BCUT2D eigenvalue weighted by molar-refractivity contribution is 6.30. The maximum atomic E-state index is 13.2. The molecule has 0 amide bonds. The highest BCUT2D eigenvalue weighted by atomic mass is 35.5. The first kappa shape index (κ1) is 12.8. The summed E-state index contributed by atoms with van der Waals surface area (Å²) in [6, 6.07) is 11.6. The third-order valence-corrected chi connectivity index (χ3v) is 3.37. The van der Waals surface area contributed by atoms with Crippen LogP contribution < -0.4 is 5.32 Å². The number of phenolic OH excluding ortho intramolecular Hbond substituents is 1. The molecular weight excluding hydrogens is 281 g/mol. The van der Waals surface area contributed by atoms with Crippen molar-refractivity contribution in [1.82, 2.24) is 0 Å². The summed E-state index contributed by atoms with van der Waals surface area (Å²) in [7, 11) is 0. The monoisotopic (exact) mass is 291 g/mol. The zero-order valence-electron chi connectivity index (χ0n) is 10.4. The zero-order chi connectivity index (χ0) is 14.1. The van der Waals surface area contributed by atoms with E-state index in [2.05, 4.69) is 5.32 Å². The van der Waals surface area contributed by atoms with Crippen molar-refractivity contribution in [1.29, 1.82) is 0 Å². The normalized spacial score (nSPS) is 10.9. The van der Waals surface area contributed by atoms with Crippen LogP contribution in [0.25, 0.3) is 11.0 Å². The van der Waals surface area contributed by atoms with E-state index < -0.39 is 5.82 Å². The van der Waals surface area contributed by atoms with Crippen LogP contribution in [0.2, 0.25) is 5.22 Å². The van der Waals surface area contributed by atoms with Gasteiger partial charge in [-0.2, -0.15) is 0 Å². The molecule has 0 bridgehead atoms. The summed E-state index contributed by atoms with van der Waals surface area (Å²) in [5, 5.41) is 13.4. The molecule has 1 heterocycles. The van der Waals surface area contributed by atoms with Crippen LogP contribution in [0, 0.1) is 5.82 Å². The Morgan fingerprint density at radius 3 is 2.80 bits per heavy atom. The van der Waals surface area contributed by atoms with Crippen LogP contribution in [-0.2, 0) is 6.54 Å². The summed E-state index contributed by atoms with van der Waals surface area (Å²) in [5.41, 5.74) is 2.09. The molecule has 0 aliphatic heterocycles. The van der Waals surface area contributed by atoms with Crippen molar-refractivity contribution in [2.45, 2.75) is 6.54 Å². The minimum Gasteiger partial charge on any atom is -0.505 e. The van der Waals surface area contributed by atoms with Crippen LogP contribution >= 0.6 is 11.6 Å². The molecule has 102 valence electrons. The minimum absolute atomic E-state index is 0.318. The van der Waals surface area contributed by atoms with E-state index in [0.717, 1.165) is 10.9 Å². The van der Waals surface area contributed by atoms with Crippen molar-refractivity contribution in [3.63, 3.8) is 0 Å². The topological polar surface area (TPSA) is 45.4 Å². The van der Waals surface area contributed by atoms with Gasteiger partial charge in [-0.25, -0.2) is 4.39 Å². The lowest BCUT2D eigenvalue weighted by molar-refractivity contribution is 0.432. The summed E-state index contributed by atoms with van der Waals surface area (Å²) in [4.78, 5) is 0. The third-order valence-electron chi connectivity index (χ3n) is 3.07. The second-order valence-corrected chi connectivity index (χ2v) is 4.71. The van der Waals surface area contributed by atoms with Crippen LogP contribution in [0.4, 0.5) is 10.1 Å². The Labute approximate surface area is 119 Å². The van der Waals surface area contributed by atoms with E-state index >= 15 is 0 Å². The predicted octanol–water partition coefficient (Wildman–Crippen LogP) is 4.54. The molecule has 0 aliphatic rings. The smallest absolute Gasteiger partial charge is 0.199 e. The Morgan fingerprint density at radius 1 is 1.20 bits per heavy atom. The average Bonchev–Trinajstić information content (AvgIpc) is 2.76. The molecule has 3 rings (SSSR count). The maximum Gasteiger partial charge on any atom is 0.199 e. The largest absolute Gasteiger partial charge is 0.505 e. The number of para-hydroxylation sites is 1. The van der Waals surface area contributed by atoms with Gasteiger partial charge in [-0.3, -0.25) is 0 Å². The van der Waals surface area contributed by atoms with Gasteiger partial charge in [0, 0.05) is 29.2 Å². The lowest BCUT2D eigenvalue weighted by Gasteiger charge is -2.06. The van der Waals surface area contributed by atoms with Crippen LogP contribution in [0.5, 0.6) is 5.75 Å². The number of benzene rings is 2. The van der Waals surface area contributed by atoms with E-state index in [9.17, 15) is 4.39 Å². The van der Waals surface area contributed by atoms with Crippen molar-refractivity contribution in [3.8, 4) is 5.75 Å². The molecule has 0 spiro atoms. The van der Waals surface area contributed by atoms with E-state index in [4.69, 9.17) is 21.1 Å². The van der Waals surface area contributed by atoms with Gasteiger partial charge in [0.15, 0.2) is 16.8 Å². The second-order valence-electron chi connectivity index (χ2n) is 4.37. The van der Waals surface area contributed by atoms with Gasteiger partial charge in [0.1, 0.15) is 5.58 Å². The molecular formula is C15H11ClFNO2. The summed E-state index contributed by atoms with van der Waals surface area (Å²) in [6.45, 7) is 0.403. The standard InChI is InChI=1S/C15H11ClFNO2/c16-15-11(10-3-1-2-4-14(10)20-15)8-18-9-5-6-13(19)12(17)7-9/h1-7,18-19H,8H2. The number of anilines is 1. The number of hydrogen-bond donors (Lipinski definition) is 2. The molecule has 1 aromatic heterocycles. The predicted molar refractivity (Wildman–Crippen MR) is 76.6 cm³/mol. The van der Waals surface area contributed by atoms with E-state index in [1.165, 1.54) is 12.1 Å². The number of phenols is 1. The van der Waals surface area contributed by atoms with Gasteiger partial charge in [0.05, 0.1) is 0 Å². The fraction of sp³-hybridized carbons (Fsp3) is 0.0667. The molecule has 20 heavy (non-hydrogen) atoms. The Balaban J connectivity index is 1.86. The van der Waals surface area contributed by atoms with Gasteiger partial charge >= 0.3 is 0 Å². The second kappa shape index (κ2) is 5.06. The molecule has 2 N–H and O–H groups in total. The van der Waals surface area contributed by atoms with Crippen LogP contribution in [0.15, 0.2) is 46.9 Å². The van der Waals surface area contributed by atoms with Gasteiger partial charge < -0.3 is 14.8 Å². The van der Waals surface area contributed by atoms with Gasteiger partial charge in [-0.1, -0.05) is 18.2 Å². The molecule has 2 aromatic carbocycles. The molecule has 5 heteroatoms. The molecule has 3 aromatic rings. The van der Waals surface area contributed by atoms with E-state index in [-0.39, 0.29) is 5.75 Å². The highest BCUT2D eigenvalue weighted by Gasteiger charge is 2.12. The quantitative estimate of drug-likeness (QED) is 0.696. The third kappa shape index (κ3) is 2.30. The highest BCUT2D eigenvalue weighted by Crippen LogP contribution is 2.30. The van der Waals surface area contributed by atoms with Crippen LogP contribution in [0.3, 0.4) is 0 Å². The van der Waals surface area contributed by atoms with Crippen LogP contribution in [-0.4, -0.2) is 5.11 Å². The first-order chi connectivity index (χ1) is 9.65. The molecule has 0 saturated carbocycles. The lowest BCUT2D eigenvalue weighted by Crippen LogP contribution is -1.99. The van der Waals surface area contributed by atoms with Crippen molar-refractivity contribution >= 4 is 28.3 Å². The number of hydrogen-bond acceptors (Lipinski definition) is 3. The summed E-state index contributed by atoms with van der Waals surface area (Å²) >= 11 is 6.07. The van der Waals surface area contributed by atoms with Crippen molar-refractivity contribution < 1.29 is 13.9 Å². The molecule has 0 fully saturated rings. The average molecular weight is 292 g/mol. The fourth-order valence-electron chi connectivity index (χ4n) is 2.04. The zero-order valence-corrected chi connectivity index (χ0v) is 11.1. The summed E-state index contributed by atoms with van der Waals surface area (Å²) < 4.78 is 18.7. The van der Waals surface area contributed by atoms with Gasteiger partial charge in [-0.15, -0.1) is 0 Å². The van der Waals surface area contributed by atoms with Crippen molar-refractivity contribution in [2.75, 3.05) is 5.32 Å². The van der Waals surface area contributed by atoms with Crippen molar-refractivity contribution in [3.05, 3.63) is 59.1 Å². The first-order valence-electron chi connectivity index (χ1n) is 6.03. The summed E-state index contributed by atoms with van der Waals surface area (Å²) in [6.07, 6.45) is 0. The Hall–Kier alpha value is -2.20. The minimum atomic E-state index is -0.668. The molecule has 0 saturated heterocycles. The number of rotatable bonds is 3. The molecule has 0 radical (unpaired) electrons. The maximum absolute atomic E-state index is 13.2.